The number of halogens is 2. The summed E-state index contributed by atoms with van der Waals surface area (Å²) in [5.74, 6) is -1.25. The maximum Gasteiger partial charge on any atom is 0.387 e. The Hall–Kier alpha value is -2.98. The third-order valence-corrected chi connectivity index (χ3v) is 5.40. The molecule has 1 aliphatic heterocycles. The first-order valence-electron chi connectivity index (χ1n) is 8.63. The monoisotopic (exact) mass is 450 g/mol. The minimum absolute atomic E-state index is 0.0783. The smallest absolute Gasteiger partial charge is 0.387 e. The van der Waals surface area contributed by atoms with Crippen LogP contribution in [0.2, 0.25) is 0 Å². The number of amides is 2. The number of hydrogen-bond donors (Lipinski definition) is 2. The number of hydrogen-bond acceptors (Lipinski definition) is 6. The summed E-state index contributed by atoms with van der Waals surface area (Å²) in [5.41, 5.74) is 1.34. The van der Waals surface area contributed by atoms with Crippen molar-refractivity contribution in [2.24, 2.45) is 0 Å². The number of rotatable bonds is 6. The molecule has 0 atom stereocenters. The number of para-hydroxylation sites is 1. The molecule has 2 amide bonds. The number of phenols is 1. The van der Waals surface area contributed by atoms with Gasteiger partial charge in [-0.25, -0.2) is 0 Å². The molecule has 2 aromatic carbocycles. The number of thioether (sulfide) groups is 1. The molecule has 1 heterocycles. The summed E-state index contributed by atoms with van der Waals surface area (Å²) < 4.78 is 29.8. The van der Waals surface area contributed by atoms with Crippen molar-refractivity contribution in [3.05, 3.63) is 58.5 Å². The average molecular weight is 450 g/mol. The number of aryl methyl sites for hydroxylation is 1. The molecule has 0 aliphatic carbocycles. The molecule has 2 N–H and O–H groups in total. The van der Waals surface area contributed by atoms with Crippen LogP contribution in [0.15, 0.2) is 47.4 Å². The molecular formula is C20H16F2N2O4S2. The van der Waals surface area contributed by atoms with Crippen LogP contribution < -0.4 is 10.1 Å². The number of carbonyl (C=O) groups is 2. The van der Waals surface area contributed by atoms with E-state index in [1.54, 1.807) is 25.1 Å². The Bertz CT molecular complexity index is 1040. The predicted molar refractivity (Wildman–Crippen MR) is 114 cm³/mol. The van der Waals surface area contributed by atoms with E-state index in [4.69, 9.17) is 12.2 Å². The number of nitrogens with one attached hydrogen (secondary N) is 1. The lowest BCUT2D eigenvalue weighted by Crippen LogP contribution is -2.36. The molecule has 0 bridgehead atoms. The summed E-state index contributed by atoms with van der Waals surface area (Å²) in [6.45, 7) is -1.56. The topological polar surface area (TPSA) is 78.9 Å². The molecule has 156 valence electrons. The highest BCUT2D eigenvalue weighted by molar-refractivity contribution is 8.26. The Balaban J connectivity index is 1.74. The lowest BCUT2D eigenvalue weighted by atomic mass is 10.2. The first-order valence-corrected chi connectivity index (χ1v) is 9.85. The highest BCUT2D eigenvalue weighted by Crippen LogP contribution is 2.34. The van der Waals surface area contributed by atoms with Crippen LogP contribution in [-0.2, 0) is 9.59 Å². The standard InChI is InChI=1S/C20H16F2N2O4S2/c1-11-6-7-14(25)13(8-11)23-17(26)10-24-18(27)16(30-20(24)29)9-12-4-2-3-5-15(12)28-19(21)22/h2-9,19,25H,10H2,1H3,(H,23,26)/b16-9-. The zero-order valence-corrected chi connectivity index (χ0v) is 17.2. The third kappa shape index (κ3) is 5.14. The summed E-state index contributed by atoms with van der Waals surface area (Å²) in [5, 5.41) is 12.4. The molecule has 0 spiro atoms. The number of carbonyl (C=O) groups excluding carboxylic acids is 2. The van der Waals surface area contributed by atoms with Gasteiger partial charge >= 0.3 is 6.61 Å². The summed E-state index contributed by atoms with van der Waals surface area (Å²) in [6.07, 6.45) is 1.39. The van der Waals surface area contributed by atoms with E-state index in [9.17, 15) is 23.5 Å². The second kappa shape index (κ2) is 9.23. The normalized spacial score (nSPS) is 15.2. The van der Waals surface area contributed by atoms with Gasteiger partial charge in [0, 0.05) is 5.56 Å². The van der Waals surface area contributed by atoms with E-state index in [0.29, 0.717) is 0 Å². The summed E-state index contributed by atoms with van der Waals surface area (Å²) in [4.78, 5) is 26.3. The maximum atomic E-state index is 12.7. The molecule has 0 aromatic heterocycles. The van der Waals surface area contributed by atoms with Crippen LogP contribution in [0.3, 0.4) is 0 Å². The second-order valence-corrected chi connectivity index (χ2v) is 7.93. The number of aromatic hydroxyl groups is 1. The van der Waals surface area contributed by atoms with Gasteiger partial charge in [-0.2, -0.15) is 8.78 Å². The minimum atomic E-state index is -3.00. The van der Waals surface area contributed by atoms with Gasteiger partial charge in [0.1, 0.15) is 22.4 Å². The van der Waals surface area contributed by atoms with Crippen LogP contribution in [0.5, 0.6) is 11.5 Å². The molecule has 1 aliphatic rings. The van der Waals surface area contributed by atoms with Gasteiger partial charge in [-0.05, 0) is 36.8 Å². The zero-order chi connectivity index (χ0) is 21.8. The molecule has 30 heavy (non-hydrogen) atoms. The van der Waals surface area contributed by atoms with Crippen molar-refractivity contribution in [1.29, 1.82) is 0 Å². The van der Waals surface area contributed by atoms with E-state index in [2.05, 4.69) is 10.1 Å². The van der Waals surface area contributed by atoms with Crippen molar-refractivity contribution in [2.75, 3.05) is 11.9 Å². The van der Waals surface area contributed by atoms with Gasteiger partial charge in [0.2, 0.25) is 5.91 Å². The van der Waals surface area contributed by atoms with Gasteiger partial charge in [0.15, 0.2) is 0 Å². The van der Waals surface area contributed by atoms with Gasteiger partial charge < -0.3 is 15.2 Å². The van der Waals surface area contributed by atoms with Crippen molar-refractivity contribution in [2.45, 2.75) is 13.5 Å². The van der Waals surface area contributed by atoms with Crippen molar-refractivity contribution >= 4 is 51.9 Å². The quantitative estimate of drug-likeness (QED) is 0.391. The molecule has 1 saturated heterocycles. The van der Waals surface area contributed by atoms with Crippen LogP contribution in [0.4, 0.5) is 14.5 Å². The van der Waals surface area contributed by atoms with Gasteiger partial charge in [-0.3, -0.25) is 14.5 Å². The molecule has 2 aromatic rings. The van der Waals surface area contributed by atoms with Crippen LogP contribution in [0, 0.1) is 6.92 Å². The number of phenolic OH excluding ortho intramolecular Hbond substituents is 1. The fraction of sp³-hybridized carbons (Fsp3) is 0.150. The molecule has 0 saturated carbocycles. The Labute approximate surface area is 180 Å². The minimum Gasteiger partial charge on any atom is -0.506 e. The number of nitrogens with zero attached hydrogens (tertiary/aromatic N) is 1. The SMILES string of the molecule is Cc1ccc(O)c(NC(=O)CN2C(=O)/C(=C/c3ccccc3OC(F)F)SC2=S)c1. The van der Waals surface area contributed by atoms with Crippen molar-refractivity contribution in [3.63, 3.8) is 0 Å². The van der Waals surface area contributed by atoms with E-state index >= 15 is 0 Å². The van der Waals surface area contributed by atoms with Crippen molar-refractivity contribution in [1.82, 2.24) is 4.90 Å². The molecule has 10 heteroatoms. The van der Waals surface area contributed by atoms with E-state index < -0.39 is 18.4 Å². The highest BCUT2D eigenvalue weighted by Gasteiger charge is 2.33. The van der Waals surface area contributed by atoms with Crippen LogP contribution in [0.1, 0.15) is 11.1 Å². The molecule has 1 fully saturated rings. The van der Waals surface area contributed by atoms with E-state index in [-0.39, 0.29) is 38.5 Å². The highest BCUT2D eigenvalue weighted by atomic mass is 32.2. The number of anilines is 1. The maximum absolute atomic E-state index is 12.7. The van der Waals surface area contributed by atoms with E-state index in [0.717, 1.165) is 22.2 Å². The van der Waals surface area contributed by atoms with Crippen molar-refractivity contribution < 1.29 is 28.2 Å². The van der Waals surface area contributed by atoms with Crippen molar-refractivity contribution in [3.8, 4) is 11.5 Å². The number of thiocarbonyl (C=S) groups is 1. The Morgan fingerprint density at radius 3 is 2.80 bits per heavy atom. The molecule has 6 nitrogen and oxygen atoms in total. The molecule has 0 unspecified atom stereocenters. The summed E-state index contributed by atoms with van der Waals surface area (Å²) >= 11 is 6.14. The summed E-state index contributed by atoms with van der Waals surface area (Å²) in [6, 6.07) is 10.8. The molecular weight excluding hydrogens is 434 g/mol. The first-order chi connectivity index (χ1) is 14.2. The zero-order valence-electron chi connectivity index (χ0n) is 15.6. The molecule has 0 radical (unpaired) electrons. The predicted octanol–water partition coefficient (Wildman–Crippen LogP) is 4.14. The van der Waals surface area contributed by atoms with E-state index in [1.165, 1.54) is 30.3 Å². The fourth-order valence-corrected chi connectivity index (χ4v) is 3.91. The van der Waals surface area contributed by atoms with Crippen LogP contribution in [0.25, 0.3) is 6.08 Å². The van der Waals surface area contributed by atoms with Gasteiger partial charge in [0.25, 0.3) is 5.91 Å². The van der Waals surface area contributed by atoms with Gasteiger partial charge in [0.05, 0.1) is 10.6 Å². The van der Waals surface area contributed by atoms with Crippen LogP contribution in [-0.4, -0.2) is 39.3 Å². The number of ether oxygens (including phenoxy) is 1. The third-order valence-electron chi connectivity index (χ3n) is 4.02. The Morgan fingerprint density at radius 2 is 2.07 bits per heavy atom. The number of benzene rings is 2. The molecule has 3 rings (SSSR count). The lowest BCUT2D eigenvalue weighted by Gasteiger charge is -2.15. The lowest BCUT2D eigenvalue weighted by molar-refractivity contribution is -0.126. The number of alkyl halides is 2. The first kappa shape index (κ1) is 21.7. The Morgan fingerprint density at radius 1 is 1.33 bits per heavy atom. The average Bonchev–Trinajstić information content (AvgIpc) is 2.93. The Kier molecular flexibility index (Phi) is 6.68. The van der Waals surface area contributed by atoms with Gasteiger partial charge in [-0.1, -0.05) is 48.2 Å². The summed E-state index contributed by atoms with van der Waals surface area (Å²) in [7, 11) is 0. The van der Waals surface area contributed by atoms with E-state index in [1.807, 2.05) is 0 Å². The second-order valence-electron chi connectivity index (χ2n) is 6.25. The largest absolute Gasteiger partial charge is 0.506 e. The van der Waals surface area contributed by atoms with Gasteiger partial charge in [-0.15, -0.1) is 0 Å². The fourth-order valence-electron chi connectivity index (χ4n) is 2.66. The van der Waals surface area contributed by atoms with Crippen LogP contribution >= 0.6 is 24.0 Å².